The van der Waals surface area contributed by atoms with E-state index in [1.165, 1.54) is 77.0 Å². The van der Waals surface area contributed by atoms with Crippen molar-refractivity contribution in [2.75, 3.05) is 6.61 Å². The monoisotopic (exact) mass is 810 g/mol. The molecule has 0 aliphatic rings. The zero-order valence-electron chi connectivity index (χ0n) is 37.9. The SMILES string of the molecule is CC/C=C/C=C/C=C\CCCCCCCC(=O)OC(CCCCC\C=C/C=C/C=C/CC)CC(=O)NC(CO)C(O)CCCCCCCCCCCCCCCCC. The van der Waals surface area contributed by atoms with E-state index >= 15 is 0 Å². The summed E-state index contributed by atoms with van der Waals surface area (Å²) in [5.41, 5.74) is 0. The van der Waals surface area contributed by atoms with Crippen LogP contribution in [-0.2, 0) is 14.3 Å². The molecule has 334 valence electrons. The zero-order chi connectivity index (χ0) is 42.4. The van der Waals surface area contributed by atoms with Crippen LogP contribution >= 0.6 is 0 Å². The van der Waals surface area contributed by atoms with Gasteiger partial charge in [-0.15, -0.1) is 0 Å². The molecule has 0 rings (SSSR count). The van der Waals surface area contributed by atoms with E-state index in [1.54, 1.807) is 0 Å². The molecule has 58 heavy (non-hydrogen) atoms. The first-order valence-corrected chi connectivity index (χ1v) is 24.2. The first-order chi connectivity index (χ1) is 28.5. The molecule has 0 spiro atoms. The molecule has 0 radical (unpaired) electrons. The number of rotatable bonds is 42. The minimum Gasteiger partial charge on any atom is -0.462 e. The van der Waals surface area contributed by atoms with Gasteiger partial charge in [0, 0.05) is 6.42 Å². The Morgan fingerprint density at radius 1 is 0.517 bits per heavy atom. The Morgan fingerprint density at radius 3 is 1.41 bits per heavy atom. The summed E-state index contributed by atoms with van der Waals surface area (Å²) in [6, 6.07) is -0.719. The van der Waals surface area contributed by atoms with Crippen LogP contribution in [0.5, 0.6) is 0 Å². The molecule has 3 atom stereocenters. The topological polar surface area (TPSA) is 95.9 Å². The van der Waals surface area contributed by atoms with Gasteiger partial charge in [-0.25, -0.2) is 0 Å². The van der Waals surface area contributed by atoms with E-state index in [9.17, 15) is 19.8 Å². The Kier molecular flexibility index (Phi) is 43.3. The Balaban J connectivity index is 4.59. The lowest BCUT2D eigenvalue weighted by atomic mass is 10.0. The van der Waals surface area contributed by atoms with Gasteiger partial charge in [-0.2, -0.15) is 0 Å². The quantitative estimate of drug-likeness (QED) is 0.0324. The van der Waals surface area contributed by atoms with Gasteiger partial charge in [-0.1, -0.05) is 216 Å². The number of aliphatic hydroxyl groups is 2. The molecule has 1 amide bonds. The number of hydrogen-bond acceptors (Lipinski definition) is 5. The van der Waals surface area contributed by atoms with Gasteiger partial charge in [0.1, 0.15) is 6.10 Å². The Bertz CT molecular complexity index is 1090. The van der Waals surface area contributed by atoms with Crippen LogP contribution in [0.25, 0.3) is 0 Å². The van der Waals surface area contributed by atoms with Crippen LogP contribution < -0.4 is 5.32 Å². The number of carbonyl (C=O) groups excluding carboxylic acids is 2. The molecular weight excluding hydrogens is 719 g/mol. The number of allylic oxidation sites excluding steroid dienone is 12. The van der Waals surface area contributed by atoms with Crippen molar-refractivity contribution in [3.05, 3.63) is 72.9 Å². The fourth-order valence-electron chi connectivity index (χ4n) is 7.02. The van der Waals surface area contributed by atoms with Crippen LogP contribution in [0, 0.1) is 0 Å². The average Bonchev–Trinajstić information content (AvgIpc) is 3.22. The Labute approximate surface area is 358 Å². The molecule has 0 saturated carbocycles. The third-order valence-electron chi connectivity index (χ3n) is 10.7. The minimum absolute atomic E-state index is 0.0431. The van der Waals surface area contributed by atoms with Gasteiger partial charge in [0.05, 0.1) is 25.2 Å². The number of hydrogen-bond donors (Lipinski definition) is 3. The Hall–Kier alpha value is -2.70. The van der Waals surface area contributed by atoms with Crippen molar-refractivity contribution in [1.29, 1.82) is 0 Å². The molecule has 6 nitrogen and oxygen atoms in total. The highest BCUT2D eigenvalue weighted by molar-refractivity contribution is 5.77. The summed E-state index contributed by atoms with van der Waals surface area (Å²) >= 11 is 0. The highest BCUT2D eigenvalue weighted by Gasteiger charge is 2.24. The van der Waals surface area contributed by atoms with Gasteiger partial charge in [0.25, 0.3) is 0 Å². The molecule has 0 aromatic carbocycles. The third kappa shape index (κ3) is 40.1. The molecule has 0 aliphatic heterocycles. The molecule has 0 saturated heterocycles. The number of carbonyl (C=O) groups is 2. The largest absolute Gasteiger partial charge is 0.462 e. The maximum atomic E-state index is 13.2. The first kappa shape index (κ1) is 55.3. The van der Waals surface area contributed by atoms with E-state index in [0.29, 0.717) is 19.3 Å². The van der Waals surface area contributed by atoms with Gasteiger partial charge in [-0.05, 0) is 64.2 Å². The van der Waals surface area contributed by atoms with Crippen LogP contribution in [0.2, 0.25) is 0 Å². The molecule has 6 heteroatoms. The van der Waals surface area contributed by atoms with Gasteiger partial charge < -0.3 is 20.3 Å². The maximum Gasteiger partial charge on any atom is 0.306 e. The highest BCUT2D eigenvalue weighted by Crippen LogP contribution is 2.17. The molecule has 0 aromatic rings. The fraction of sp³-hybridized carbons (Fsp3) is 0.731. The molecule has 0 aliphatic carbocycles. The van der Waals surface area contributed by atoms with Crippen LogP contribution in [0.3, 0.4) is 0 Å². The second-order valence-corrected chi connectivity index (χ2v) is 16.2. The Morgan fingerprint density at radius 2 is 0.931 bits per heavy atom. The van der Waals surface area contributed by atoms with E-state index in [1.807, 2.05) is 12.2 Å². The predicted molar refractivity (Wildman–Crippen MR) is 250 cm³/mol. The fourth-order valence-corrected chi connectivity index (χ4v) is 7.02. The van der Waals surface area contributed by atoms with Crippen LogP contribution in [0.1, 0.15) is 220 Å². The van der Waals surface area contributed by atoms with E-state index in [4.69, 9.17) is 4.74 Å². The molecule has 3 N–H and O–H groups in total. The number of amides is 1. The second-order valence-electron chi connectivity index (χ2n) is 16.2. The molecular formula is C52H91NO5. The predicted octanol–water partition coefficient (Wildman–Crippen LogP) is 14.2. The van der Waals surface area contributed by atoms with E-state index in [-0.39, 0.29) is 24.9 Å². The van der Waals surface area contributed by atoms with Crippen molar-refractivity contribution in [2.45, 2.75) is 238 Å². The molecule has 0 heterocycles. The van der Waals surface area contributed by atoms with E-state index in [0.717, 1.165) is 96.3 Å². The number of nitrogens with one attached hydrogen (secondary N) is 1. The van der Waals surface area contributed by atoms with Crippen molar-refractivity contribution < 1.29 is 24.5 Å². The van der Waals surface area contributed by atoms with Crippen LogP contribution in [-0.4, -0.2) is 46.9 Å². The minimum atomic E-state index is -0.802. The molecule has 0 bridgehead atoms. The molecule has 0 aromatic heterocycles. The number of aliphatic hydroxyl groups excluding tert-OH is 2. The normalized spacial score (nSPS) is 13.9. The summed E-state index contributed by atoms with van der Waals surface area (Å²) in [4.78, 5) is 26.0. The smallest absolute Gasteiger partial charge is 0.306 e. The van der Waals surface area contributed by atoms with Gasteiger partial charge in [0.2, 0.25) is 5.91 Å². The van der Waals surface area contributed by atoms with Gasteiger partial charge in [0.15, 0.2) is 0 Å². The summed E-state index contributed by atoms with van der Waals surface area (Å²) < 4.78 is 5.88. The van der Waals surface area contributed by atoms with Crippen molar-refractivity contribution in [3.63, 3.8) is 0 Å². The van der Waals surface area contributed by atoms with E-state index < -0.39 is 18.2 Å². The van der Waals surface area contributed by atoms with Crippen molar-refractivity contribution in [2.24, 2.45) is 0 Å². The lowest BCUT2D eigenvalue weighted by molar-refractivity contribution is -0.151. The zero-order valence-corrected chi connectivity index (χ0v) is 37.9. The molecule has 0 fully saturated rings. The maximum absolute atomic E-state index is 13.2. The number of unbranched alkanes of at least 4 members (excludes halogenated alkanes) is 22. The third-order valence-corrected chi connectivity index (χ3v) is 10.7. The highest BCUT2D eigenvalue weighted by atomic mass is 16.5. The van der Waals surface area contributed by atoms with Crippen molar-refractivity contribution >= 4 is 11.9 Å². The second kappa shape index (κ2) is 45.4. The summed E-state index contributed by atoms with van der Waals surface area (Å²) in [7, 11) is 0. The van der Waals surface area contributed by atoms with E-state index in [2.05, 4.69) is 86.8 Å². The number of ether oxygens (including phenoxy) is 1. The summed E-state index contributed by atoms with van der Waals surface area (Å²) in [6.45, 7) is 6.19. The number of esters is 1. The summed E-state index contributed by atoms with van der Waals surface area (Å²) in [6.07, 6.45) is 56.8. The lowest BCUT2D eigenvalue weighted by Gasteiger charge is -2.24. The average molecular weight is 810 g/mol. The summed E-state index contributed by atoms with van der Waals surface area (Å²) in [5, 5.41) is 23.7. The van der Waals surface area contributed by atoms with Crippen molar-refractivity contribution in [3.8, 4) is 0 Å². The van der Waals surface area contributed by atoms with Gasteiger partial charge >= 0.3 is 5.97 Å². The summed E-state index contributed by atoms with van der Waals surface area (Å²) in [5.74, 6) is -0.537. The van der Waals surface area contributed by atoms with Crippen molar-refractivity contribution in [1.82, 2.24) is 5.32 Å². The van der Waals surface area contributed by atoms with Crippen LogP contribution in [0.4, 0.5) is 0 Å². The lowest BCUT2D eigenvalue weighted by Crippen LogP contribution is -2.46. The standard InChI is InChI=1S/C52H91NO5/c1-4-7-10-13-16-19-22-24-25-27-29-32-35-38-41-44-50(55)49(47-54)53-51(56)46-48(43-40-37-34-31-28-21-18-15-12-9-6-3)58-52(57)45-42-39-36-33-30-26-23-20-17-14-11-8-5-2/h8-9,11-12,14-15,17-18,20-21,23,28,48-50,54-55H,4-7,10,13,16,19,22,24-27,29-47H2,1-3H3,(H,53,56)/b11-8+,12-9+,17-14+,18-15+,23-20-,28-21-. The molecule has 3 unspecified atom stereocenters. The first-order valence-electron chi connectivity index (χ1n) is 24.2. The van der Waals surface area contributed by atoms with Gasteiger partial charge in [-0.3, -0.25) is 9.59 Å². The van der Waals surface area contributed by atoms with Crippen LogP contribution in [0.15, 0.2) is 72.9 Å².